The molecule has 4 saturated carbocycles. The number of ether oxygens (including phenoxy) is 2. The number of hydrogen-bond acceptors (Lipinski definition) is 5. The van der Waals surface area contributed by atoms with Gasteiger partial charge in [-0.2, -0.15) is 5.10 Å². The third-order valence-electron chi connectivity index (χ3n) is 7.29. The first-order valence-corrected chi connectivity index (χ1v) is 11.1. The molecule has 7 nitrogen and oxygen atoms in total. The molecule has 1 N–H and O–H groups in total. The number of amides is 1. The van der Waals surface area contributed by atoms with Crippen molar-refractivity contribution in [3.8, 4) is 22.8 Å². The Morgan fingerprint density at radius 3 is 2.35 bits per heavy atom. The summed E-state index contributed by atoms with van der Waals surface area (Å²) >= 11 is 0. The Labute approximate surface area is 181 Å². The molecule has 1 aromatic carbocycles. The van der Waals surface area contributed by atoms with Gasteiger partial charge in [0.1, 0.15) is 18.0 Å². The summed E-state index contributed by atoms with van der Waals surface area (Å²) < 4.78 is 12.0. The molecule has 0 atom stereocenters. The number of benzene rings is 1. The predicted molar refractivity (Wildman–Crippen MR) is 116 cm³/mol. The van der Waals surface area contributed by atoms with Crippen LogP contribution in [0.5, 0.6) is 11.5 Å². The Morgan fingerprint density at radius 1 is 1.06 bits per heavy atom. The highest BCUT2D eigenvalue weighted by atomic mass is 16.5. The molecule has 1 aromatic heterocycles. The number of aromatic nitrogens is 2. The molecule has 7 heteroatoms. The van der Waals surface area contributed by atoms with E-state index in [0.717, 1.165) is 37.0 Å². The first-order chi connectivity index (χ1) is 15.0. The van der Waals surface area contributed by atoms with Crippen LogP contribution < -0.4 is 20.3 Å². The average molecular weight is 424 g/mol. The van der Waals surface area contributed by atoms with Crippen molar-refractivity contribution < 1.29 is 14.3 Å². The number of hydrogen-bond donors (Lipinski definition) is 1. The Hall–Kier alpha value is -2.83. The Morgan fingerprint density at radius 2 is 1.74 bits per heavy atom. The maximum Gasteiger partial charge on any atom is 0.267 e. The summed E-state index contributed by atoms with van der Waals surface area (Å²) in [5.74, 6) is 3.39. The molecule has 31 heavy (non-hydrogen) atoms. The van der Waals surface area contributed by atoms with Gasteiger partial charge in [0.25, 0.3) is 5.56 Å². The quantitative estimate of drug-likeness (QED) is 0.772. The lowest BCUT2D eigenvalue weighted by molar-refractivity contribution is -0.127. The van der Waals surface area contributed by atoms with Crippen molar-refractivity contribution in [2.24, 2.45) is 17.8 Å². The van der Waals surface area contributed by atoms with Crippen molar-refractivity contribution in [2.75, 3.05) is 14.2 Å². The molecule has 164 valence electrons. The number of carbonyl (C=O) groups excluding carboxylic acids is 1. The van der Waals surface area contributed by atoms with Gasteiger partial charge in [0.15, 0.2) is 0 Å². The molecule has 4 aliphatic rings. The zero-order chi connectivity index (χ0) is 21.6. The predicted octanol–water partition coefficient (Wildman–Crippen LogP) is 3.01. The molecule has 0 unspecified atom stereocenters. The van der Waals surface area contributed by atoms with Gasteiger partial charge in [-0.3, -0.25) is 9.59 Å². The molecule has 0 saturated heterocycles. The van der Waals surface area contributed by atoms with E-state index < -0.39 is 0 Å². The monoisotopic (exact) mass is 423 g/mol. The minimum absolute atomic E-state index is 0.0803. The largest absolute Gasteiger partial charge is 0.497 e. The van der Waals surface area contributed by atoms with Gasteiger partial charge in [-0.15, -0.1) is 0 Å². The van der Waals surface area contributed by atoms with E-state index in [2.05, 4.69) is 10.4 Å². The fraction of sp³-hybridized carbons (Fsp3) is 0.542. The highest BCUT2D eigenvalue weighted by Gasteiger charge is 2.51. The van der Waals surface area contributed by atoms with E-state index in [4.69, 9.17) is 9.47 Å². The molecular weight excluding hydrogens is 394 g/mol. The lowest BCUT2D eigenvalue weighted by atomic mass is 9.53. The normalized spacial score (nSPS) is 28.4. The second-order valence-electron chi connectivity index (χ2n) is 9.53. The maximum absolute atomic E-state index is 13.0. The lowest BCUT2D eigenvalue weighted by Gasteiger charge is -2.56. The summed E-state index contributed by atoms with van der Waals surface area (Å²) in [5.41, 5.74) is 0.879. The summed E-state index contributed by atoms with van der Waals surface area (Å²) in [4.78, 5) is 25.4. The molecule has 4 fully saturated rings. The fourth-order valence-electron chi connectivity index (χ4n) is 6.46. The van der Waals surface area contributed by atoms with Crippen LogP contribution in [-0.2, 0) is 11.3 Å². The average Bonchev–Trinajstić information content (AvgIpc) is 2.73. The number of rotatable bonds is 6. The van der Waals surface area contributed by atoms with E-state index in [1.165, 1.54) is 30.0 Å². The van der Waals surface area contributed by atoms with Gasteiger partial charge in [-0.05, 0) is 80.5 Å². The molecule has 0 radical (unpaired) electrons. The van der Waals surface area contributed by atoms with Gasteiger partial charge < -0.3 is 14.8 Å². The number of carbonyl (C=O) groups is 1. The molecule has 1 heterocycles. The zero-order valence-electron chi connectivity index (χ0n) is 18.1. The third kappa shape index (κ3) is 3.82. The van der Waals surface area contributed by atoms with Crippen LogP contribution in [0.15, 0.2) is 35.1 Å². The zero-order valence-corrected chi connectivity index (χ0v) is 18.1. The van der Waals surface area contributed by atoms with Crippen LogP contribution in [0.4, 0.5) is 0 Å². The summed E-state index contributed by atoms with van der Waals surface area (Å²) in [6, 6.07) is 8.50. The van der Waals surface area contributed by atoms with E-state index in [-0.39, 0.29) is 23.6 Å². The summed E-state index contributed by atoms with van der Waals surface area (Å²) in [6.07, 6.45) is 7.19. The summed E-state index contributed by atoms with van der Waals surface area (Å²) in [6.45, 7) is -0.0826. The molecule has 4 bridgehead atoms. The van der Waals surface area contributed by atoms with Crippen molar-refractivity contribution in [1.29, 1.82) is 0 Å². The maximum atomic E-state index is 13.0. The number of nitrogens with one attached hydrogen (secondary N) is 1. The van der Waals surface area contributed by atoms with E-state index in [1.54, 1.807) is 32.4 Å². The highest BCUT2D eigenvalue weighted by molar-refractivity contribution is 5.77. The molecule has 6 rings (SSSR count). The first-order valence-electron chi connectivity index (χ1n) is 11.1. The summed E-state index contributed by atoms with van der Waals surface area (Å²) in [5, 5.41) is 7.79. The Kier molecular flexibility index (Phi) is 4.99. The van der Waals surface area contributed by atoms with Crippen molar-refractivity contribution in [3.63, 3.8) is 0 Å². The number of methoxy groups -OCH3 is 2. The fourth-order valence-corrected chi connectivity index (χ4v) is 6.46. The molecular formula is C24H29N3O4. The Bertz CT molecular complexity index is 1030. The van der Waals surface area contributed by atoms with E-state index >= 15 is 0 Å². The van der Waals surface area contributed by atoms with Gasteiger partial charge in [0.05, 0.1) is 19.9 Å². The van der Waals surface area contributed by atoms with Crippen LogP contribution in [0.1, 0.15) is 38.5 Å². The minimum Gasteiger partial charge on any atom is -0.497 e. The van der Waals surface area contributed by atoms with Gasteiger partial charge in [-0.25, -0.2) is 4.68 Å². The van der Waals surface area contributed by atoms with Gasteiger partial charge in [0, 0.05) is 17.2 Å². The van der Waals surface area contributed by atoms with Crippen LogP contribution in [-0.4, -0.2) is 35.4 Å². The minimum atomic E-state index is -0.300. The van der Waals surface area contributed by atoms with Crippen LogP contribution in [0.2, 0.25) is 0 Å². The van der Waals surface area contributed by atoms with E-state index in [9.17, 15) is 9.59 Å². The van der Waals surface area contributed by atoms with E-state index in [0.29, 0.717) is 22.8 Å². The Balaban J connectivity index is 1.37. The van der Waals surface area contributed by atoms with Crippen molar-refractivity contribution in [2.45, 2.75) is 50.6 Å². The standard InChI is InChI=1S/C24H29N3O4/c1-30-18-3-5-21(31-2)19(10-18)20-4-6-23(29)27(26-20)14-22(28)25-24-11-15-7-16(12-24)9-17(8-15)13-24/h3-6,10,15-17H,7-9,11-14H2,1-2H3,(H,25,28). The lowest BCUT2D eigenvalue weighted by Crippen LogP contribution is -2.60. The molecule has 1 amide bonds. The second kappa shape index (κ2) is 7.70. The van der Waals surface area contributed by atoms with Gasteiger partial charge >= 0.3 is 0 Å². The van der Waals surface area contributed by atoms with Crippen LogP contribution >= 0.6 is 0 Å². The van der Waals surface area contributed by atoms with Gasteiger partial charge in [0.2, 0.25) is 5.91 Å². The van der Waals surface area contributed by atoms with E-state index in [1.807, 2.05) is 6.07 Å². The third-order valence-corrected chi connectivity index (χ3v) is 7.29. The first kappa shape index (κ1) is 20.1. The van der Waals surface area contributed by atoms with Crippen LogP contribution in [0.3, 0.4) is 0 Å². The number of nitrogens with zero attached hydrogens (tertiary/aromatic N) is 2. The molecule has 4 aliphatic carbocycles. The van der Waals surface area contributed by atoms with Gasteiger partial charge in [-0.1, -0.05) is 0 Å². The van der Waals surface area contributed by atoms with Crippen molar-refractivity contribution in [1.82, 2.24) is 15.1 Å². The smallest absolute Gasteiger partial charge is 0.267 e. The van der Waals surface area contributed by atoms with Crippen molar-refractivity contribution in [3.05, 3.63) is 40.7 Å². The topological polar surface area (TPSA) is 82.5 Å². The van der Waals surface area contributed by atoms with Crippen LogP contribution in [0, 0.1) is 17.8 Å². The molecule has 0 aliphatic heterocycles. The van der Waals surface area contributed by atoms with Crippen molar-refractivity contribution >= 4 is 5.91 Å². The summed E-state index contributed by atoms with van der Waals surface area (Å²) in [7, 11) is 3.18. The molecule has 0 spiro atoms. The SMILES string of the molecule is COc1ccc(OC)c(-c2ccc(=O)n(CC(=O)NC34CC5CC(CC(C5)C3)C4)n2)c1. The second-order valence-corrected chi connectivity index (χ2v) is 9.53. The molecule has 2 aromatic rings. The highest BCUT2D eigenvalue weighted by Crippen LogP contribution is 2.55. The van der Waals surface area contributed by atoms with Crippen LogP contribution in [0.25, 0.3) is 11.3 Å².